The first-order chi connectivity index (χ1) is 7.56. The molecule has 0 saturated carbocycles. The number of rotatable bonds is 2. The molecule has 0 bridgehead atoms. The molecule has 1 aromatic carbocycles. The van der Waals surface area contributed by atoms with Crippen LogP contribution in [0.2, 0.25) is 0 Å². The zero-order chi connectivity index (χ0) is 11.7. The average Bonchev–Trinajstić information content (AvgIpc) is 2.51. The zero-order valence-corrected chi connectivity index (χ0v) is 10.8. The molecular weight excluding hydrogens is 270 g/mol. The molecule has 0 radical (unpaired) electrons. The van der Waals surface area contributed by atoms with Crippen molar-refractivity contribution in [1.82, 2.24) is 4.90 Å². The van der Waals surface area contributed by atoms with Gasteiger partial charge in [-0.3, -0.25) is 4.90 Å². The third-order valence-corrected chi connectivity index (χ3v) is 3.68. The van der Waals surface area contributed by atoms with Gasteiger partial charge in [0.1, 0.15) is 0 Å². The first kappa shape index (κ1) is 12.0. The molecule has 2 rings (SSSR count). The molecule has 0 aliphatic carbocycles. The van der Waals surface area contributed by atoms with E-state index < -0.39 is 12.2 Å². The van der Waals surface area contributed by atoms with Crippen LogP contribution in [0.1, 0.15) is 11.1 Å². The lowest BCUT2D eigenvalue weighted by Gasteiger charge is -2.16. The summed E-state index contributed by atoms with van der Waals surface area (Å²) in [7, 11) is 0. The molecule has 4 heteroatoms. The molecule has 2 unspecified atom stereocenters. The normalized spacial score (nSPS) is 26.2. The molecule has 3 nitrogen and oxygen atoms in total. The van der Waals surface area contributed by atoms with Crippen LogP contribution in [-0.4, -0.2) is 40.4 Å². The molecule has 1 aromatic rings. The Bertz CT molecular complexity index is 373. The third-order valence-electron chi connectivity index (χ3n) is 2.94. The summed E-state index contributed by atoms with van der Waals surface area (Å²) in [6.45, 7) is 3.90. The SMILES string of the molecule is Cc1ccc(CN2CC(O)C(O)C2)c(Br)c1. The van der Waals surface area contributed by atoms with Crippen LogP contribution in [0.25, 0.3) is 0 Å². The van der Waals surface area contributed by atoms with Crippen LogP contribution in [0.3, 0.4) is 0 Å². The molecule has 0 amide bonds. The molecular formula is C12H16BrNO2. The molecule has 2 N–H and O–H groups in total. The Morgan fingerprint density at radius 2 is 1.94 bits per heavy atom. The highest BCUT2D eigenvalue weighted by molar-refractivity contribution is 9.10. The molecule has 16 heavy (non-hydrogen) atoms. The minimum atomic E-state index is -0.607. The molecule has 1 aliphatic heterocycles. The van der Waals surface area contributed by atoms with Crippen molar-refractivity contribution in [2.24, 2.45) is 0 Å². The van der Waals surface area contributed by atoms with Gasteiger partial charge in [-0.2, -0.15) is 0 Å². The standard InChI is InChI=1S/C12H16BrNO2/c1-8-2-3-9(10(13)4-8)5-14-6-11(15)12(16)7-14/h2-4,11-12,15-16H,5-7H2,1H3. The van der Waals surface area contributed by atoms with Crippen molar-refractivity contribution in [3.63, 3.8) is 0 Å². The number of hydrogen-bond acceptors (Lipinski definition) is 3. The summed E-state index contributed by atoms with van der Waals surface area (Å²) in [5.74, 6) is 0. The van der Waals surface area contributed by atoms with Crippen LogP contribution in [0.15, 0.2) is 22.7 Å². The van der Waals surface area contributed by atoms with Crippen LogP contribution in [0.5, 0.6) is 0 Å². The van der Waals surface area contributed by atoms with E-state index in [1.807, 2.05) is 0 Å². The van der Waals surface area contributed by atoms with E-state index in [1.54, 1.807) is 0 Å². The largest absolute Gasteiger partial charge is 0.389 e. The van der Waals surface area contributed by atoms with Crippen molar-refractivity contribution in [2.45, 2.75) is 25.7 Å². The minimum absolute atomic E-state index is 0.543. The average molecular weight is 286 g/mol. The van der Waals surface area contributed by atoms with E-state index >= 15 is 0 Å². The van der Waals surface area contributed by atoms with E-state index in [4.69, 9.17) is 0 Å². The number of β-amino-alcohol motifs (C(OH)–C–C–N with tert-alkyl or cyclic N) is 2. The molecule has 1 saturated heterocycles. The second-order valence-electron chi connectivity index (χ2n) is 4.42. The summed E-state index contributed by atoms with van der Waals surface area (Å²) < 4.78 is 1.09. The van der Waals surface area contributed by atoms with Gasteiger partial charge >= 0.3 is 0 Å². The Hall–Kier alpha value is -0.420. The number of hydrogen-bond donors (Lipinski definition) is 2. The monoisotopic (exact) mass is 285 g/mol. The maximum atomic E-state index is 9.46. The molecule has 2 atom stereocenters. The second kappa shape index (κ2) is 4.84. The number of aryl methyl sites for hydroxylation is 1. The summed E-state index contributed by atoms with van der Waals surface area (Å²) in [4.78, 5) is 2.06. The molecule has 1 aliphatic rings. The summed E-state index contributed by atoms with van der Waals surface area (Å²) >= 11 is 3.53. The topological polar surface area (TPSA) is 43.7 Å². The number of aliphatic hydroxyl groups excluding tert-OH is 2. The molecule has 0 aromatic heterocycles. The van der Waals surface area contributed by atoms with Crippen molar-refractivity contribution >= 4 is 15.9 Å². The Balaban J connectivity index is 2.05. The van der Waals surface area contributed by atoms with E-state index in [-0.39, 0.29) is 0 Å². The van der Waals surface area contributed by atoms with E-state index in [0.717, 1.165) is 11.0 Å². The van der Waals surface area contributed by atoms with Gasteiger partial charge < -0.3 is 10.2 Å². The van der Waals surface area contributed by atoms with Crippen LogP contribution in [0.4, 0.5) is 0 Å². The smallest absolute Gasteiger partial charge is 0.0938 e. The summed E-state index contributed by atoms with van der Waals surface area (Å²) in [6, 6.07) is 6.23. The van der Waals surface area contributed by atoms with Gasteiger partial charge in [-0.15, -0.1) is 0 Å². The van der Waals surface area contributed by atoms with E-state index in [9.17, 15) is 10.2 Å². The Morgan fingerprint density at radius 1 is 1.31 bits per heavy atom. The second-order valence-corrected chi connectivity index (χ2v) is 5.28. The lowest BCUT2D eigenvalue weighted by atomic mass is 10.1. The van der Waals surface area contributed by atoms with Gasteiger partial charge in [-0.05, 0) is 24.1 Å². The van der Waals surface area contributed by atoms with Gasteiger partial charge in [-0.1, -0.05) is 28.1 Å². The highest BCUT2D eigenvalue weighted by Gasteiger charge is 2.29. The first-order valence-electron chi connectivity index (χ1n) is 5.40. The Labute approximate surface area is 104 Å². The van der Waals surface area contributed by atoms with Crippen molar-refractivity contribution in [3.05, 3.63) is 33.8 Å². The molecule has 1 heterocycles. The molecule has 0 spiro atoms. The van der Waals surface area contributed by atoms with Crippen molar-refractivity contribution < 1.29 is 10.2 Å². The maximum Gasteiger partial charge on any atom is 0.0938 e. The Morgan fingerprint density at radius 3 is 2.50 bits per heavy atom. The fraction of sp³-hybridized carbons (Fsp3) is 0.500. The Kier molecular flexibility index (Phi) is 3.64. The van der Waals surface area contributed by atoms with Gasteiger partial charge in [-0.25, -0.2) is 0 Å². The number of likely N-dealkylation sites (tertiary alicyclic amines) is 1. The van der Waals surface area contributed by atoms with E-state index in [0.29, 0.717) is 13.1 Å². The minimum Gasteiger partial charge on any atom is -0.389 e. The molecule has 88 valence electrons. The van der Waals surface area contributed by atoms with Crippen molar-refractivity contribution in [3.8, 4) is 0 Å². The third kappa shape index (κ3) is 2.63. The van der Waals surface area contributed by atoms with Crippen LogP contribution < -0.4 is 0 Å². The summed E-state index contributed by atoms with van der Waals surface area (Å²) in [6.07, 6.45) is -1.21. The van der Waals surface area contributed by atoms with Gasteiger partial charge in [0, 0.05) is 24.1 Å². The fourth-order valence-electron chi connectivity index (χ4n) is 2.00. The van der Waals surface area contributed by atoms with Crippen molar-refractivity contribution in [1.29, 1.82) is 0 Å². The van der Waals surface area contributed by atoms with Crippen LogP contribution in [-0.2, 0) is 6.54 Å². The van der Waals surface area contributed by atoms with Gasteiger partial charge in [0.2, 0.25) is 0 Å². The summed E-state index contributed by atoms with van der Waals surface area (Å²) in [5, 5.41) is 18.9. The molecule has 1 fully saturated rings. The maximum absolute atomic E-state index is 9.46. The van der Waals surface area contributed by atoms with Gasteiger partial charge in [0.25, 0.3) is 0 Å². The number of aliphatic hydroxyl groups is 2. The van der Waals surface area contributed by atoms with Crippen LogP contribution in [0, 0.1) is 6.92 Å². The first-order valence-corrected chi connectivity index (χ1v) is 6.19. The van der Waals surface area contributed by atoms with Crippen molar-refractivity contribution in [2.75, 3.05) is 13.1 Å². The highest BCUT2D eigenvalue weighted by atomic mass is 79.9. The predicted octanol–water partition coefficient (Wildman–Crippen LogP) is 1.29. The van der Waals surface area contributed by atoms with Gasteiger partial charge in [0.05, 0.1) is 12.2 Å². The van der Waals surface area contributed by atoms with E-state index in [1.165, 1.54) is 11.1 Å². The lowest BCUT2D eigenvalue weighted by Crippen LogP contribution is -2.22. The predicted molar refractivity (Wildman–Crippen MR) is 66.2 cm³/mol. The number of nitrogens with zero attached hydrogens (tertiary/aromatic N) is 1. The highest BCUT2D eigenvalue weighted by Crippen LogP contribution is 2.22. The number of halogens is 1. The zero-order valence-electron chi connectivity index (χ0n) is 9.23. The number of benzene rings is 1. The summed E-state index contributed by atoms with van der Waals surface area (Å²) in [5.41, 5.74) is 2.41. The van der Waals surface area contributed by atoms with Gasteiger partial charge in [0.15, 0.2) is 0 Å². The lowest BCUT2D eigenvalue weighted by molar-refractivity contribution is 0.0572. The fourth-order valence-corrected chi connectivity index (χ4v) is 2.62. The van der Waals surface area contributed by atoms with Crippen LogP contribution >= 0.6 is 15.9 Å². The van der Waals surface area contributed by atoms with E-state index in [2.05, 4.69) is 46.0 Å². The quantitative estimate of drug-likeness (QED) is 0.861.